The molecule has 0 bridgehead atoms. The van der Waals surface area contributed by atoms with Crippen molar-refractivity contribution in [1.29, 1.82) is 0 Å². The van der Waals surface area contributed by atoms with Crippen LogP contribution >= 0.6 is 15.9 Å². The number of ether oxygens (including phenoxy) is 1. The molecule has 2 aromatic rings. The van der Waals surface area contributed by atoms with E-state index in [1.54, 1.807) is 0 Å². The number of halogens is 1. The fourth-order valence-electron chi connectivity index (χ4n) is 1.29. The van der Waals surface area contributed by atoms with Crippen LogP contribution in [0.3, 0.4) is 0 Å². The molecule has 0 aliphatic rings. The average molecular weight is 300 g/mol. The van der Waals surface area contributed by atoms with Gasteiger partial charge in [-0.1, -0.05) is 0 Å². The Balaban J connectivity index is 2.51. The summed E-state index contributed by atoms with van der Waals surface area (Å²) in [4.78, 5) is 14.1. The average Bonchev–Trinajstić information content (AvgIpc) is 2.74. The van der Waals surface area contributed by atoms with Crippen molar-refractivity contribution in [3.63, 3.8) is 0 Å². The van der Waals surface area contributed by atoms with Gasteiger partial charge in [-0.25, -0.2) is 0 Å². The van der Waals surface area contributed by atoms with Crippen LogP contribution in [0.1, 0.15) is 0 Å². The minimum atomic E-state index is -0.504. The van der Waals surface area contributed by atoms with E-state index in [1.807, 2.05) is 0 Å². The molecule has 0 saturated carbocycles. The summed E-state index contributed by atoms with van der Waals surface area (Å²) in [6.45, 7) is 0. The summed E-state index contributed by atoms with van der Waals surface area (Å²) in [6, 6.07) is 4.14. The molecule has 0 N–H and O–H groups in total. The number of nitrogens with zero attached hydrogens (tertiary/aromatic N) is 3. The molecule has 1 heterocycles. The van der Waals surface area contributed by atoms with E-state index in [0.29, 0.717) is 16.0 Å². The SMILES string of the molecule is COc1cc([N+](=O)[O-])ccc1-c1nc(Br)no1. The quantitative estimate of drug-likeness (QED) is 0.638. The van der Waals surface area contributed by atoms with Crippen LogP contribution in [-0.4, -0.2) is 22.2 Å². The number of non-ortho nitro benzene ring substituents is 1. The molecule has 0 unspecified atom stereocenters. The number of aromatic nitrogens is 2. The van der Waals surface area contributed by atoms with Gasteiger partial charge in [0.2, 0.25) is 4.73 Å². The zero-order valence-corrected chi connectivity index (χ0v) is 10.2. The van der Waals surface area contributed by atoms with Crippen LogP contribution in [0.25, 0.3) is 11.5 Å². The molecule has 2 rings (SSSR count). The van der Waals surface area contributed by atoms with Crippen LogP contribution in [0, 0.1) is 10.1 Å². The molecule has 0 aliphatic heterocycles. The fraction of sp³-hybridized carbons (Fsp3) is 0.111. The van der Waals surface area contributed by atoms with Gasteiger partial charge in [-0.05, 0) is 27.2 Å². The van der Waals surface area contributed by atoms with Gasteiger partial charge < -0.3 is 9.26 Å². The minimum Gasteiger partial charge on any atom is -0.496 e. The van der Waals surface area contributed by atoms with E-state index in [9.17, 15) is 10.1 Å². The molecule has 1 aromatic heterocycles. The predicted octanol–water partition coefficient (Wildman–Crippen LogP) is 2.42. The smallest absolute Gasteiger partial charge is 0.273 e. The predicted molar refractivity (Wildman–Crippen MR) is 60.6 cm³/mol. The molecule has 17 heavy (non-hydrogen) atoms. The zero-order chi connectivity index (χ0) is 12.4. The molecule has 0 atom stereocenters. The second-order valence-corrected chi connectivity index (χ2v) is 3.72. The molecule has 0 amide bonds. The summed E-state index contributed by atoms with van der Waals surface area (Å²) >= 11 is 3.05. The lowest BCUT2D eigenvalue weighted by atomic mass is 10.2. The van der Waals surface area contributed by atoms with Crippen LogP contribution in [-0.2, 0) is 0 Å². The molecule has 0 saturated heterocycles. The molecule has 0 aliphatic carbocycles. The fourth-order valence-corrected chi connectivity index (χ4v) is 1.52. The third-order valence-corrected chi connectivity index (χ3v) is 2.35. The molecule has 88 valence electrons. The highest BCUT2D eigenvalue weighted by Gasteiger charge is 2.16. The van der Waals surface area contributed by atoms with Crippen molar-refractivity contribution in [3.8, 4) is 17.2 Å². The molecule has 0 spiro atoms. The number of nitro benzene ring substituents is 1. The standard InChI is InChI=1S/C9H6BrN3O4/c1-16-7-4-5(13(14)15)2-3-6(7)8-11-9(10)12-17-8/h2-4H,1H3. The molecule has 0 fully saturated rings. The number of rotatable bonds is 3. The van der Waals surface area contributed by atoms with Gasteiger partial charge in [0, 0.05) is 6.07 Å². The van der Waals surface area contributed by atoms with Crippen LogP contribution in [0.5, 0.6) is 5.75 Å². The lowest BCUT2D eigenvalue weighted by Gasteiger charge is -2.03. The van der Waals surface area contributed by atoms with E-state index >= 15 is 0 Å². The Labute approximate surface area is 104 Å². The Morgan fingerprint density at radius 3 is 2.82 bits per heavy atom. The second kappa shape index (κ2) is 4.50. The Hall–Kier alpha value is -1.96. The van der Waals surface area contributed by atoms with Gasteiger partial charge >= 0.3 is 0 Å². The molecular weight excluding hydrogens is 294 g/mol. The highest BCUT2D eigenvalue weighted by Crippen LogP contribution is 2.32. The van der Waals surface area contributed by atoms with E-state index in [2.05, 4.69) is 26.1 Å². The molecule has 1 aromatic carbocycles. The van der Waals surface area contributed by atoms with Crippen molar-refractivity contribution < 1.29 is 14.2 Å². The van der Waals surface area contributed by atoms with Gasteiger partial charge in [-0.15, -0.1) is 0 Å². The molecular formula is C9H6BrN3O4. The number of methoxy groups -OCH3 is 1. The number of benzene rings is 1. The highest BCUT2D eigenvalue weighted by atomic mass is 79.9. The first-order valence-corrected chi connectivity index (χ1v) is 5.23. The van der Waals surface area contributed by atoms with Crippen molar-refractivity contribution in [2.45, 2.75) is 0 Å². The van der Waals surface area contributed by atoms with Crippen LogP contribution in [0.4, 0.5) is 5.69 Å². The Bertz CT molecular complexity index is 569. The maximum absolute atomic E-state index is 10.6. The maximum atomic E-state index is 10.6. The minimum absolute atomic E-state index is 0.0656. The van der Waals surface area contributed by atoms with Crippen LogP contribution < -0.4 is 4.74 Å². The van der Waals surface area contributed by atoms with Crippen molar-refractivity contribution in [2.24, 2.45) is 0 Å². The lowest BCUT2D eigenvalue weighted by Crippen LogP contribution is -1.92. The number of nitro groups is 1. The summed E-state index contributed by atoms with van der Waals surface area (Å²) in [5.41, 5.74) is 0.431. The van der Waals surface area contributed by atoms with E-state index in [0.717, 1.165) is 0 Å². The van der Waals surface area contributed by atoms with Gasteiger partial charge in [-0.2, -0.15) is 4.98 Å². The van der Waals surface area contributed by atoms with Crippen molar-refractivity contribution >= 4 is 21.6 Å². The van der Waals surface area contributed by atoms with Crippen molar-refractivity contribution in [3.05, 3.63) is 33.0 Å². The van der Waals surface area contributed by atoms with Crippen LogP contribution in [0.15, 0.2) is 27.5 Å². The lowest BCUT2D eigenvalue weighted by molar-refractivity contribution is -0.384. The highest BCUT2D eigenvalue weighted by molar-refractivity contribution is 9.10. The molecule has 0 radical (unpaired) electrons. The first kappa shape index (κ1) is 11.5. The van der Waals surface area contributed by atoms with E-state index in [1.165, 1.54) is 25.3 Å². The first-order valence-electron chi connectivity index (χ1n) is 4.44. The maximum Gasteiger partial charge on any atom is 0.273 e. The van der Waals surface area contributed by atoms with Gasteiger partial charge in [0.15, 0.2) is 0 Å². The van der Waals surface area contributed by atoms with Gasteiger partial charge in [0.25, 0.3) is 11.6 Å². The summed E-state index contributed by atoms with van der Waals surface area (Å²) < 4.78 is 10.3. The summed E-state index contributed by atoms with van der Waals surface area (Å²) in [6.07, 6.45) is 0. The number of hydrogen-bond acceptors (Lipinski definition) is 6. The van der Waals surface area contributed by atoms with E-state index < -0.39 is 4.92 Å². The Morgan fingerprint density at radius 2 is 2.29 bits per heavy atom. The Morgan fingerprint density at radius 1 is 1.53 bits per heavy atom. The molecule has 7 nitrogen and oxygen atoms in total. The van der Waals surface area contributed by atoms with Crippen LogP contribution in [0.2, 0.25) is 0 Å². The second-order valence-electron chi connectivity index (χ2n) is 3.01. The Kier molecular flexibility index (Phi) is 3.05. The monoisotopic (exact) mass is 299 g/mol. The first-order chi connectivity index (χ1) is 8.11. The zero-order valence-electron chi connectivity index (χ0n) is 8.58. The summed E-state index contributed by atoms with van der Waals surface area (Å²) in [5, 5.41) is 14.2. The van der Waals surface area contributed by atoms with E-state index in [4.69, 9.17) is 9.26 Å². The van der Waals surface area contributed by atoms with Crippen molar-refractivity contribution in [1.82, 2.24) is 10.1 Å². The third-order valence-electron chi connectivity index (χ3n) is 2.03. The van der Waals surface area contributed by atoms with Gasteiger partial charge in [-0.3, -0.25) is 10.1 Å². The molecule has 8 heteroatoms. The summed E-state index contributed by atoms with van der Waals surface area (Å²) in [5.74, 6) is 0.527. The third kappa shape index (κ3) is 2.26. The van der Waals surface area contributed by atoms with Crippen molar-refractivity contribution in [2.75, 3.05) is 7.11 Å². The summed E-state index contributed by atoms with van der Waals surface area (Å²) in [7, 11) is 1.41. The normalized spacial score (nSPS) is 10.2. The van der Waals surface area contributed by atoms with Gasteiger partial charge in [0.05, 0.1) is 23.7 Å². The topological polar surface area (TPSA) is 91.3 Å². The van der Waals surface area contributed by atoms with Gasteiger partial charge in [0.1, 0.15) is 5.75 Å². The number of hydrogen-bond donors (Lipinski definition) is 0. The van der Waals surface area contributed by atoms with E-state index in [-0.39, 0.29) is 11.6 Å². The largest absolute Gasteiger partial charge is 0.496 e.